The van der Waals surface area contributed by atoms with Gasteiger partial charge in [0.25, 0.3) is 0 Å². The van der Waals surface area contributed by atoms with Gasteiger partial charge in [-0.25, -0.2) is 9.78 Å². The van der Waals surface area contributed by atoms with E-state index in [1.807, 2.05) is 13.0 Å². The van der Waals surface area contributed by atoms with Crippen LogP contribution in [0.25, 0.3) is 5.65 Å². The smallest absolute Gasteiger partial charge is 0.360 e. The molecule has 128 valence electrons. The number of imidazole rings is 1. The fraction of sp³-hybridized carbons (Fsp3) is 0.176. The first-order valence-corrected chi connectivity index (χ1v) is 7.93. The van der Waals surface area contributed by atoms with Crippen molar-refractivity contribution in [1.29, 1.82) is 0 Å². The third kappa shape index (κ3) is 3.46. The molecule has 7 nitrogen and oxygen atoms in total. The van der Waals surface area contributed by atoms with Gasteiger partial charge in [-0.1, -0.05) is 17.7 Å². The van der Waals surface area contributed by atoms with E-state index >= 15 is 0 Å². The Bertz CT molecular complexity index is 981. The van der Waals surface area contributed by atoms with E-state index in [1.165, 1.54) is 18.2 Å². The van der Waals surface area contributed by atoms with Crippen LogP contribution in [0.15, 0.2) is 46.8 Å². The molecule has 0 amide bonds. The average Bonchev–Trinajstić information content (AvgIpc) is 2.94. The molecule has 0 fully saturated rings. The molecule has 0 saturated carbocycles. The van der Waals surface area contributed by atoms with Crippen LogP contribution in [0.4, 0.5) is 11.5 Å². The van der Waals surface area contributed by atoms with Gasteiger partial charge in [0, 0.05) is 11.2 Å². The van der Waals surface area contributed by atoms with Crippen LogP contribution in [-0.2, 0) is 4.74 Å². The molecule has 0 spiro atoms. The Labute approximate surface area is 148 Å². The summed E-state index contributed by atoms with van der Waals surface area (Å²) in [6.45, 7) is 3.84. The topological polar surface area (TPSA) is 88.5 Å². The zero-order valence-corrected chi connectivity index (χ0v) is 14.4. The number of carbonyl (C=O) groups is 1. The number of aromatic nitrogens is 2. The molecule has 0 unspecified atom stereocenters. The van der Waals surface area contributed by atoms with E-state index in [9.17, 15) is 9.90 Å². The van der Waals surface area contributed by atoms with Crippen molar-refractivity contribution in [3.05, 3.63) is 52.8 Å². The third-order valence-electron chi connectivity index (χ3n) is 3.40. The molecule has 2 heterocycles. The number of ether oxygens (including phenoxy) is 1. The van der Waals surface area contributed by atoms with Crippen LogP contribution in [0.5, 0.6) is 5.75 Å². The molecule has 2 aromatic heterocycles. The summed E-state index contributed by atoms with van der Waals surface area (Å²) in [6, 6.07) is 8.08. The van der Waals surface area contributed by atoms with Crippen LogP contribution in [0.2, 0.25) is 5.02 Å². The number of rotatable bonds is 4. The molecule has 1 N–H and O–H groups in total. The summed E-state index contributed by atoms with van der Waals surface area (Å²) in [5.41, 5.74) is 1.74. The fourth-order valence-electron chi connectivity index (χ4n) is 2.25. The second-order valence-electron chi connectivity index (χ2n) is 5.27. The molecule has 0 aliphatic carbocycles. The highest BCUT2D eigenvalue weighted by Crippen LogP contribution is 2.32. The van der Waals surface area contributed by atoms with Gasteiger partial charge >= 0.3 is 5.97 Å². The minimum Gasteiger partial charge on any atom is -0.506 e. The van der Waals surface area contributed by atoms with Crippen LogP contribution in [0, 0.1) is 6.92 Å². The summed E-state index contributed by atoms with van der Waals surface area (Å²) in [7, 11) is 0. The average molecular weight is 359 g/mol. The number of carbonyl (C=O) groups excluding carboxylic acids is 1. The number of fused-ring (bicyclic) bond motifs is 1. The number of benzene rings is 1. The molecule has 0 bridgehead atoms. The maximum Gasteiger partial charge on any atom is 0.360 e. The van der Waals surface area contributed by atoms with Gasteiger partial charge in [-0.05, 0) is 43.7 Å². The Morgan fingerprint density at radius 2 is 2.12 bits per heavy atom. The van der Waals surface area contributed by atoms with Crippen molar-refractivity contribution >= 4 is 34.7 Å². The second kappa shape index (κ2) is 6.90. The van der Waals surface area contributed by atoms with Crippen molar-refractivity contribution in [2.24, 2.45) is 10.2 Å². The number of azo groups is 1. The predicted molar refractivity (Wildman–Crippen MR) is 93.2 cm³/mol. The number of esters is 1. The van der Waals surface area contributed by atoms with Gasteiger partial charge in [0.1, 0.15) is 17.1 Å². The van der Waals surface area contributed by atoms with Gasteiger partial charge in [0.2, 0.25) is 0 Å². The zero-order valence-electron chi connectivity index (χ0n) is 13.6. The monoisotopic (exact) mass is 358 g/mol. The number of hydrogen-bond donors (Lipinski definition) is 1. The predicted octanol–water partition coefficient (Wildman–Crippen LogP) is 4.59. The summed E-state index contributed by atoms with van der Waals surface area (Å²) < 4.78 is 6.68. The largest absolute Gasteiger partial charge is 0.506 e. The minimum atomic E-state index is -0.590. The number of phenols is 1. The minimum absolute atomic E-state index is 0.0534. The maximum absolute atomic E-state index is 12.2. The zero-order chi connectivity index (χ0) is 18.0. The Morgan fingerprint density at radius 3 is 2.88 bits per heavy atom. The van der Waals surface area contributed by atoms with Crippen molar-refractivity contribution in [1.82, 2.24) is 9.38 Å². The highest BCUT2D eigenvalue weighted by atomic mass is 35.5. The molecule has 0 radical (unpaired) electrons. The van der Waals surface area contributed by atoms with E-state index < -0.39 is 5.97 Å². The molecular weight excluding hydrogens is 344 g/mol. The van der Waals surface area contributed by atoms with Crippen LogP contribution in [0.1, 0.15) is 23.0 Å². The SMILES string of the molecule is CCOC(=O)c1nc2ccc(C)cn2c1N=Nc1cc(Cl)ccc1O. The van der Waals surface area contributed by atoms with Crippen LogP contribution in [0.3, 0.4) is 0 Å². The fourth-order valence-corrected chi connectivity index (χ4v) is 2.41. The summed E-state index contributed by atoms with van der Waals surface area (Å²) in [5.74, 6) is -0.444. The molecule has 1 aromatic carbocycles. The number of hydrogen-bond acceptors (Lipinski definition) is 6. The maximum atomic E-state index is 12.2. The van der Waals surface area contributed by atoms with E-state index in [1.54, 1.807) is 23.6 Å². The lowest BCUT2D eigenvalue weighted by Crippen LogP contribution is -2.05. The number of aryl methyl sites for hydroxylation is 1. The van der Waals surface area contributed by atoms with E-state index in [-0.39, 0.29) is 29.6 Å². The molecule has 0 atom stereocenters. The second-order valence-corrected chi connectivity index (χ2v) is 5.71. The number of phenolic OH excluding ortho intramolecular Hbond substituents is 1. The van der Waals surface area contributed by atoms with Gasteiger partial charge in [-0.2, -0.15) is 0 Å². The highest BCUT2D eigenvalue weighted by Gasteiger charge is 2.20. The lowest BCUT2D eigenvalue weighted by molar-refractivity contribution is 0.0521. The quantitative estimate of drug-likeness (QED) is 0.545. The molecule has 25 heavy (non-hydrogen) atoms. The van der Waals surface area contributed by atoms with Crippen molar-refractivity contribution in [3.8, 4) is 5.75 Å². The van der Waals surface area contributed by atoms with Gasteiger partial charge in [-0.15, -0.1) is 10.2 Å². The van der Waals surface area contributed by atoms with Crippen LogP contribution < -0.4 is 0 Å². The molecule has 3 rings (SSSR count). The Hall–Kier alpha value is -2.93. The van der Waals surface area contributed by atoms with E-state index in [4.69, 9.17) is 16.3 Å². The Morgan fingerprint density at radius 1 is 1.32 bits per heavy atom. The molecule has 0 aliphatic rings. The highest BCUT2D eigenvalue weighted by molar-refractivity contribution is 6.30. The number of aromatic hydroxyl groups is 1. The summed E-state index contributed by atoms with van der Waals surface area (Å²) in [4.78, 5) is 16.5. The van der Waals surface area contributed by atoms with Gasteiger partial charge in [0.15, 0.2) is 11.5 Å². The lowest BCUT2D eigenvalue weighted by Gasteiger charge is -2.01. The van der Waals surface area contributed by atoms with Crippen LogP contribution in [-0.4, -0.2) is 27.1 Å². The third-order valence-corrected chi connectivity index (χ3v) is 3.63. The van der Waals surface area contributed by atoms with Crippen molar-refractivity contribution in [2.45, 2.75) is 13.8 Å². The normalized spacial score (nSPS) is 11.3. The lowest BCUT2D eigenvalue weighted by atomic mass is 10.3. The summed E-state index contributed by atoms with van der Waals surface area (Å²) >= 11 is 5.91. The summed E-state index contributed by atoms with van der Waals surface area (Å²) in [6.07, 6.45) is 1.79. The Kier molecular flexibility index (Phi) is 4.67. The first kappa shape index (κ1) is 16.9. The Balaban J connectivity index is 2.13. The number of halogens is 1. The van der Waals surface area contributed by atoms with Crippen LogP contribution >= 0.6 is 11.6 Å². The van der Waals surface area contributed by atoms with Crippen molar-refractivity contribution < 1.29 is 14.6 Å². The van der Waals surface area contributed by atoms with Gasteiger partial charge < -0.3 is 9.84 Å². The molecule has 3 aromatic rings. The van der Waals surface area contributed by atoms with E-state index in [0.717, 1.165) is 5.56 Å². The number of pyridine rings is 1. The number of nitrogens with zero attached hydrogens (tertiary/aromatic N) is 4. The van der Waals surface area contributed by atoms with E-state index in [0.29, 0.717) is 10.7 Å². The summed E-state index contributed by atoms with van der Waals surface area (Å²) in [5, 5.41) is 18.4. The first-order valence-electron chi connectivity index (χ1n) is 7.55. The van der Waals surface area contributed by atoms with Crippen molar-refractivity contribution in [2.75, 3.05) is 6.61 Å². The molecule has 0 saturated heterocycles. The van der Waals surface area contributed by atoms with Crippen molar-refractivity contribution in [3.63, 3.8) is 0 Å². The van der Waals surface area contributed by atoms with Gasteiger partial charge in [-0.3, -0.25) is 4.40 Å². The van der Waals surface area contributed by atoms with E-state index in [2.05, 4.69) is 15.2 Å². The molecule has 8 heteroatoms. The first-order chi connectivity index (χ1) is 12.0. The molecular formula is C17H15ClN4O3. The molecule has 0 aliphatic heterocycles. The van der Waals surface area contributed by atoms with Gasteiger partial charge in [0.05, 0.1) is 6.61 Å². The standard InChI is InChI=1S/C17H15ClN4O3/c1-3-25-17(24)15-16(22-9-10(2)4-7-14(22)19-15)21-20-12-8-11(18)5-6-13(12)23/h4-9,23H,3H2,1-2H3.